The molecule has 0 radical (unpaired) electrons. The van der Waals surface area contributed by atoms with Gasteiger partial charge in [0.25, 0.3) is 0 Å². The van der Waals surface area contributed by atoms with Gasteiger partial charge in [0.05, 0.1) is 39.4 Å². The minimum absolute atomic E-state index is 0.0516. The molecule has 0 spiro atoms. The van der Waals surface area contributed by atoms with Gasteiger partial charge in [0, 0.05) is 18.1 Å². The third-order valence-electron chi connectivity index (χ3n) is 8.51. The van der Waals surface area contributed by atoms with Crippen molar-refractivity contribution in [1.29, 1.82) is 0 Å². The number of aliphatic hydroxyl groups excluding tert-OH is 1. The second kappa shape index (κ2) is 11.5. The number of aromatic nitrogens is 2. The summed E-state index contributed by atoms with van der Waals surface area (Å²) in [7, 11) is 4.56. The quantitative estimate of drug-likeness (QED) is 0.251. The zero-order chi connectivity index (χ0) is 32.9. The van der Waals surface area contributed by atoms with Crippen molar-refractivity contribution in [3.8, 4) is 23.0 Å². The molecular weight excluding hydrogens is 594 g/mol. The normalized spacial score (nSPS) is 24.8. The molecule has 6 rings (SSSR count). The van der Waals surface area contributed by atoms with Gasteiger partial charge in [-0.15, -0.1) is 10.2 Å². The van der Waals surface area contributed by atoms with E-state index in [0.29, 0.717) is 22.8 Å². The third-order valence-corrected chi connectivity index (χ3v) is 8.51. The summed E-state index contributed by atoms with van der Waals surface area (Å²) in [6.07, 6.45) is -2.19. The number of amides is 1. The Bertz CT molecular complexity index is 1720. The molecule has 4 aromatic rings. The topological polar surface area (TPSA) is 155 Å². The van der Waals surface area contributed by atoms with E-state index < -0.39 is 40.8 Å². The van der Waals surface area contributed by atoms with Crippen LogP contribution < -0.4 is 24.3 Å². The Balaban J connectivity index is 1.53. The number of fused-ring (bicyclic) bond motifs is 3. The first kappa shape index (κ1) is 31.2. The second-order valence-electron chi connectivity index (χ2n) is 12.3. The van der Waals surface area contributed by atoms with Gasteiger partial charge in [-0.3, -0.25) is 0 Å². The van der Waals surface area contributed by atoms with Gasteiger partial charge in [-0.05, 0) is 44.0 Å². The first-order valence-electron chi connectivity index (χ1n) is 14.8. The molecule has 0 bridgehead atoms. The van der Waals surface area contributed by atoms with Crippen molar-refractivity contribution in [3.05, 3.63) is 95.2 Å². The van der Waals surface area contributed by atoms with Gasteiger partial charge in [0.1, 0.15) is 34.7 Å². The summed E-state index contributed by atoms with van der Waals surface area (Å²) < 4.78 is 35.0. The number of hydrogen-bond acceptors (Lipinski definition) is 11. The van der Waals surface area contributed by atoms with Crippen molar-refractivity contribution in [2.24, 2.45) is 0 Å². The number of carbonyl (C=O) groups is 1. The fraction of sp³-hybridized carbons (Fsp3) is 0.382. The molecule has 1 amide bonds. The Hall–Kier alpha value is -4.81. The van der Waals surface area contributed by atoms with Crippen LogP contribution in [0.3, 0.4) is 0 Å². The fourth-order valence-electron chi connectivity index (χ4n) is 6.71. The Morgan fingerprint density at radius 1 is 0.957 bits per heavy atom. The van der Waals surface area contributed by atoms with Gasteiger partial charge >= 0.3 is 6.09 Å². The molecule has 3 aromatic carbocycles. The second-order valence-corrected chi connectivity index (χ2v) is 12.3. The predicted octanol–water partition coefficient (Wildman–Crippen LogP) is 4.54. The first-order valence-corrected chi connectivity index (χ1v) is 14.8. The van der Waals surface area contributed by atoms with E-state index >= 15 is 0 Å². The van der Waals surface area contributed by atoms with Crippen LogP contribution in [0.5, 0.6) is 23.0 Å². The first-order chi connectivity index (χ1) is 22.0. The summed E-state index contributed by atoms with van der Waals surface area (Å²) in [6.45, 7) is 5.16. The maximum Gasteiger partial charge on any atom is 0.408 e. The molecule has 5 atom stereocenters. The molecule has 1 aliphatic carbocycles. The van der Waals surface area contributed by atoms with E-state index in [0.717, 1.165) is 5.56 Å². The highest BCUT2D eigenvalue weighted by molar-refractivity contribution is 5.67. The van der Waals surface area contributed by atoms with E-state index in [2.05, 4.69) is 15.5 Å². The van der Waals surface area contributed by atoms with E-state index in [1.165, 1.54) is 14.2 Å². The van der Waals surface area contributed by atoms with Gasteiger partial charge in [0.15, 0.2) is 11.2 Å². The standard InChI is InChI=1S/C34H37N3O9/c1-32(2,3)46-31(39)35-18-25-36-37-30(44-25)26-27(19-10-8-7-9-11-19)34(20-12-14-21(41-4)15-13-20)33(40,29(26)38)28-23(43-6)16-22(42-5)17-24(28)45-34/h7-17,26-27,29,38,40H,18H2,1-6H3,(H,35,39)/t26?,27-,29?,33+,34+/m1/s1. The summed E-state index contributed by atoms with van der Waals surface area (Å²) in [6, 6.07) is 19.8. The molecule has 3 N–H and O–H groups in total. The van der Waals surface area contributed by atoms with E-state index in [-0.39, 0.29) is 29.6 Å². The van der Waals surface area contributed by atoms with Crippen molar-refractivity contribution in [2.45, 2.75) is 62.1 Å². The zero-order valence-corrected chi connectivity index (χ0v) is 26.4. The molecule has 0 saturated heterocycles. The number of ether oxygens (including phenoxy) is 5. The highest BCUT2D eigenvalue weighted by Crippen LogP contribution is 2.72. The lowest BCUT2D eigenvalue weighted by atomic mass is 9.70. The molecule has 1 saturated carbocycles. The number of nitrogens with one attached hydrogen (secondary N) is 1. The minimum atomic E-state index is -2.09. The summed E-state index contributed by atoms with van der Waals surface area (Å²) in [5.41, 5.74) is -2.85. The average molecular weight is 632 g/mol. The van der Waals surface area contributed by atoms with Crippen LogP contribution in [-0.4, -0.2) is 59.5 Å². The van der Waals surface area contributed by atoms with E-state index in [4.69, 9.17) is 28.1 Å². The molecule has 12 nitrogen and oxygen atoms in total. The van der Waals surface area contributed by atoms with Crippen LogP contribution in [-0.2, 0) is 22.5 Å². The maximum absolute atomic E-state index is 13.1. The van der Waals surface area contributed by atoms with Gasteiger partial charge in [-0.25, -0.2) is 4.79 Å². The summed E-state index contributed by atoms with van der Waals surface area (Å²) in [5, 5.41) is 36.6. The van der Waals surface area contributed by atoms with E-state index in [1.807, 2.05) is 30.3 Å². The predicted molar refractivity (Wildman–Crippen MR) is 164 cm³/mol. The molecule has 2 unspecified atom stereocenters. The van der Waals surface area contributed by atoms with Crippen molar-refractivity contribution in [1.82, 2.24) is 15.5 Å². The van der Waals surface area contributed by atoms with Crippen LogP contribution >= 0.6 is 0 Å². The molecule has 1 aliphatic heterocycles. The number of benzene rings is 3. The maximum atomic E-state index is 13.1. The summed E-state index contributed by atoms with van der Waals surface area (Å²) in [5.74, 6) is -0.00207. The number of aliphatic hydroxyl groups is 2. The fourth-order valence-corrected chi connectivity index (χ4v) is 6.71. The number of nitrogens with zero attached hydrogens (tertiary/aromatic N) is 2. The van der Waals surface area contributed by atoms with Crippen molar-refractivity contribution in [3.63, 3.8) is 0 Å². The lowest BCUT2D eigenvalue weighted by molar-refractivity contribution is -0.151. The van der Waals surface area contributed by atoms with Crippen LogP contribution in [0.2, 0.25) is 0 Å². The SMILES string of the molecule is COc1ccc([C@@]23Oc4cc(OC)cc(OC)c4[C@]2(O)C(O)C(c2nnc(CNC(=O)OC(C)(C)C)o2)[C@H]3c2ccccc2)cc1. The number of alkyl carbamates (subject to hydrolysis) is 1. The van der Waals surface area contributed by atoms with Crippen molar-refractivity contribution >= 4 is 6.09 Å². The monoisotopic (exact) mass is 631 g/mol. The lowest BCUT2D eigenvalue weighted by Crippen LogP contribution is -2.52. The van der Waals surface area contributed by atoms with Crippen molar-refractivity contribution < 1.29 is 43.1 Å². The highest BCUT2D eigenvalue weighted by Gasteiger charge is 2.78. The molecule has 46 heavy (non-hydrogen) atoms. The smallest absolute Gasteiger partial charge is 0.408 e. The molecule has 242 valence electrons. The van der Waals surface area contributed by atoms with Crippen LogP contribution in [0.25, 0.3) is 0 Å². The Morgan fingerprint density at radius 2 is 1.65 bits per heavy atom. The number of methoxy groups -OCH3 is 3. The molecular formula is C34H37N3O9. The molecule has 1 aromatic heterocycles. The van der Waals surface area contributed by atoms with Crippen LogP contribution in [0, 0.1) is 0 Å². The van der Waals surface area contributed by atoms with E-state index in [1.54, 1.807) is 64.3 Å². The Labute approximate surface area is 266 Å². The minimum Gasteiger partial charge on any atom is -0.497 e. The lowest BCUT2D eigenvalue weighted by Gasteiger charge is -2.40. The van der Waals surface area contributed by atoms with Crippen LogP contribution in [0.1, 0.15) is 61.1 Å². The molecule has 12 heteroatoms. The van der Waals surface area contributed by atoms with Gasteiger partial charge in [-0.2, -0.15) is 0 Å². The van der Waals surface area contributed by atoms with Gasteiger partial charge in [0.2, 0.25) is 11.8 Å². The van der Waals surface area contributed by atoms with Crippen LogP contribution in [0.4, 0.5) is 4.79 Å². The number of carbonyl (C=O) groups excluding carboxylic acids is 1. The van der Waals surface area contributed by atoms with Gasteiger partial charge < -0.3 is 43.6 Å². The average Bonchev–Trinajstić information content (AvgIpc) is 3.67. The summed E-state index contributed by atoms with van der Waals surface area (Å²) in [4.78, 5) is 12.3. The number of rotatable bonds is 8. The largest absolute Gasteiger partial charge is 0.497 e. The van der Waals surface area contributed by atoms with Crippen molar-refractivity contribution in [2.75, 3.05) is 21.3 Å². The van der Waals surface area contributed by atoms with Crippen LogP contribution in [0.15, 0.2) is 71.1 Å². The highest BCUT2D eigenvalue weighted by atomic mass is 16.6. The van der Waals surface area contributed by atoms with Gasteiger partial charge in [-0.1, -0.05) is 42.5 Å². The zero-order valence-electron chi connectivity index (χ0n) is 26.4. The molecule has 2 heterocycles. The molecule has 1 fully saturated rings. The Kier molecular flexibility index (Phi) is 7.81. The summed E-state index contributed by atoms with van der Waals surface area (Å²) >= 11 is 0. The number of hydrogen-bond donors (Lipinski definition) is 3. The molecule has 2 aliphatic rings. The van der Waals surface area contributed by atoms with E-state index in [9.17, 15) is 15.0 Å². The third kappa shape index (κ3) is 4.88. The Morgan fingerprint density at radius 3 is 2.28 bits per heavy atom.